The number of aliphatic hydroxyl groups excluding tert-OH is 1. The zero-order valence-corrected chi connectivity index (χ0v) is 9.66. The van der Waals surface area contributed by atoms with Gasteiger partial charge >= 0.3 is 0 Å². The molecule has 4 nitrogen and oxygen atoms in total. The number of rotatable bonds is 7. The predicted octanol–water partition coefficient (Wildman–Crippen LogP) is 1.83. The lowest BCUT2D eigenvalue weighted by Crippen LogP contribution is -2.10. The highest BCUT2D eigenvalue weighted by Crippen LogP contribution is 2.04. The van der Waals surface area contributed by atoms with E-state index in [1.807, 2.05) is 0 Å². The Morgan fingerprint density at radius 1 is 1.38 bits per heavy atom. The number of H-pyrrole nitrogens is 1. The van der Waals surface area contributed by atoms with Crippen LogP contribution in [0.2, 0.25) is 0 Å². The van der Waals surface area contributed by atoms with Gasteiger partial charge < -0.3 is 14.8 Å². The quantitative estimate of drug-likeness (QED) is 0.696. The molecule has 0 saturated heterocycles. The van der Waals surface area contributed by atoms with Gasteiger partial charge in [0, 0.05) is 18.0 Å². The summed E-state index contributed by atoms with van der Waals surface area (Å²) in [6.07, 6.45) is 5.99. The summed E-state index contributed by atoms with van der Waals surface area (Å²) in [5.74, 6) is 0.327. The third-order valence-electron chi connectivity index (χ3n) is 2.36. The molecule has 0 fully saturated rings. The van der Waals surface area contributed by atoms with Crippen LogP contribution < -0.4 is 10.2 Å². The van der Waals surface area contributed by atoms with Crippen molar-refractivity contribution in [1.82, 2.24) is 4.98 Å². The third kappa shape index (κ3) is 4.06. The van der Waals surface area contributed by atoms with Crippen molar-refractivity contribution < 1.29 is 9.84 Å². The summed E-state index contributed by atoms with van der Waals surface area (Å²) in [5.41, 5.74) is 0.321. The van der Waals surface area contributed by atoms with E-state index in [1.165, 1.54) is 25.1 Å². The van der Waals surface area contributed by atoms with Crippen molar-refractivity contribution >= 4 is 0 Å². The van der Waals surface area contributed by atoms with Gasteiger partial charge in [-0.3, -0.25) is 4.79 Å². The zero-order chi connectivity index (χ0) is 11.8. The molecule has 1 aromatic rings. The summed E-state index contributed by atoms with van der Waals surface area (Å²) in [5, 5.41) is 8.82. The lowest BCUT2D eigenvalue weighted by atomic mass is 10.2. The van der Waals surface area contributed by atoms with Crippen LogP contribution in [0.15, 0.2) is 17.1 Å². The minimum Gasteiger partial charge on any atom is -0.488 e. The molecular formula is C12H19NO3. The molecule has 0 amide bonds. The van der Waals surface area contributed by atoms with Crippen LogP contribution in [-0.2, 0) is 6.61 Å². The van der Waals surface area contributed by atoms with E-state index < -0.39 is 0 Å². The minimum atomic E-state index is -0.182. The fourth-order valence-corrected chi connectivity index (χ4v) is 1.42. The molecule has 0 spiro atoms. The van der Waals surface area contributed by atoms with E-state index in [9.17, 15) is 4.79 Å². The number of aromatic amines is 1. The van der Waals surface area contributed by atoms with Crippen LogP contribution in [0.5, 0.6) is 5.75 Å². The second-order valence-electron chi connectivity index (χ2n) is 3.75. The van der Waals surface area contributed by atoms with Crippen molar-refractivity contribution in [1.29, 1.82) is 0 Å². The van der Waals surface area contributed by atoms with E-state index >= 15 is 0 Å². The Bertz CT molecular complexity index is 360. The molecule has 0 aliphatic rings. The number of unbranched alkanes of at least 4 members (excludes halogenated alkanes) is 3. The van der Waals surface area contributed by atoms with Gasteiger partial charge in [0.1, 0.15) is 0 Å². The average molecular weight is 225 g/mol. The second kappa shape index (κ2) is 7.06. The Balaban J connectivity index is 2.39. The van der Waals surface area contributed by atoms with Crippen LogP contribution in [-0.4, -0.2) is 16.7 Å². The van der Waals surface area contributed by atoms with Crippen LogP contribution in [0.25, 0.3) is 0 Å². The Morgan fingerprint density at radius 2 is 2.19 bits per heavy atom. The second-order valence-corrected chi connectivity index (χ2v) is 3.75. The Labute approximate surface area is 95.3 Å². The maximum Gasteiger partial charge on any atom is 0.223 e. The summed E-state index contributed by atoms with van der Waals surface area (Å²) in [6.45, 7) is 2.56. The molecule has 16 heavy (non-hydrogen) atoms. The minimum absolute atomic E-state index is 0.161. The van der Waals surface area contributed by atoms with Gasteiger partial charge in [-0.25, -0.2) is 0 Å². The van der Waals surface area contributed by atoms with E-state index in [2.05, 4.69) is 11.9 Å². The average Bonchev–Trinajstić information content (AvgIpc) is 2.30. The van der Waals surface area contributed by atoms with E-state index in [-0.39, 0.29) is 12.0 Å². The summed E-state index contributed by atoms with van der Waals surface area (Å²) in [4.78, 5) is 14.3. The first kappa shape index (κ1) is 12.8. The first-order chi connectivity index (χ1) is 7.77. The fraction of sp³-hybridized carbons (Fsp3) is 0.583. The van der Waals surface area contributed by atoms with E-state index in [0.717, 1.165) is 12.8 Å². The maximum atomic E-state index is 11.5. The lowest BCUT2D eigenvalue weighted by Gasteiger charge is -2.05. The molecule has 0 radical (unpaired) electrons. The van der Waals surface area contributed by atoms with Crippen molar-refractivity contribution in [3.63, 3.8) is 0 Å². The Kier molecular flexibility index (Phi) is 5.64. The summed E-state index contributed by atoms with van der Waals surface area (Å²) in [6, 6.07) is 1.36. The molecule has 1 rings (SSSR count). The van der Waals surface area contributed by atoms with Crippen molar-refractivity contribution in [3.8, 4) is 5.75 Å². The van der Waals surface area contributed by atoms with Crippen molar-refractivity contribution in [2.24, 2.45) is 0 Å². The predicted molar refractivity (Wildman–Crippen MR) is 62.6 cm³/mol. The van der Waals surface area contributed by atoms with Gasteiger partial charge in [0.15, 0.2) is 5.75 Å². The molecule has 0 aliphatic carbocycles. The SMILES string of the molecule is CCCCCCOc1c[nH]c(CO)cc1=O. The van der Waals surface area contributed by atoms with Crippen molar-refractivity contribution in [2.75, 3.05) is 6.61 Å². The van der Waals surface area contributed by atoms with Gasteiger partial charge in [0.25, 0.3) is 0 Å². The van der Waals surface area contributed by atoms with Crippen LogP contribution in [0.3, 0.4) is 0 Å². The van der Waals surface area contributed by atoms with Gasteiger partial charge in [-0.05, 0) is 6.42 Å². The van der Waals surface area contributed by atoms with Gasteiger partial charge in [0.2, 0.25) is 5.43 Å². The van der Waals surface area contributed by atoms with Crippen LogP contribution in [0, 0.1) is 0 Å². The molecule has 0 unspecified atom stereocenters. The Hall–Kier alpha value is -1.29. The standard InChI is InChI=1S/C12H19NO3/c1-2-3-4-5-6-16-12-8-13-10(9-14)7-11(12)15/h7-8,14H,2-6,9H2,1H3,(H,13,15). The Morgan fingerprint density at radius 3 is 2.81 bits per heavy atom. The fourth-order valence-electron chi connectivity index (χ4n) is 1.42. The molecule has 90 valence electrons. The number of aliphatic hydroxyl groups is 1. The van der Waals surface area contributed by atoms with Crippen molar-refractivity contribution in [2.45, 2.75) is 39.2 Å². The van der Waals surface area contributed by atoms with Gasteiger partial charge in [-0.15, -0.1) is 0 Å². The highest BCUT2D eigenvalue weighted by Gasteiger charge is 2.01. The molecule has 1 heterocycles. The van der Waals surface area contributed by atoms with Gasteiger partial charge in [0.05, 0.1) is 13.2 Å². The molecule has 0 saturated carbocycles. The van der Waals surface area contributed by atoms with E-state index in [0.29, 0.717) is 18.1 Å². The molecular weight excluding hydrogens is 206 g/mol. The smallest absolute Gasteiger partial charge is 0.223 e. The highest BCUT2D eigenvalue weighted by molar-refractivity contribution is 5.19. The molecule has 0 bridgehead atoms. The third-order valence-corrected chi connectivity index (χ3v) is 2.36. The highest BCUT2D eigenvalue weighted by atomic mass is 16.5. The van der Waals surface area contributed by atoms with Crippen LogP contribution in [0.1, 0.15) is 38.3 Å². The molecule has 1 aromatic heterocycles. The molecule has 4 heteroatoms. The maximum absolute atomic E-state index is 11.5. The topological polar surface area (TPSA) is 62.3 Å². The summed E-state index contributed by atoms with van der Waals surface area (Å²) < 4.78 is 5.36. The van der Waals surface area contributed by atoms with Crippen LogP contribution >= 0.6 is 0 Å². The van der Waals surface area contributed by atoms with E-state index in [1.54, 1.807) is 0 Å². The largest absolute Gasteiger partial charge is 0.488 e. The first-order valence-corrected chi connectivity index (χ1v) is 5.73. The lowest BCUT2D eigenvalue weighted by molar-refractivity contribution is 0.274. The molecule has 0 atom stereocenters. The number of pyridine rings is 1. The van der Waals surface area contributed by atoms with Crippen LogP contribution in [0.4, 0.5) is 0 Å². The van der Waals surface area contributed by atoms with Gasteiger partial charge in [-0.2, -0.15) is 0 Å². The van der Waals surface area contributed by atoms with E-state index in [4.69, 9.17) is 9.84 Å². The zero-order valence-electron chi connectivity index (χ0n) is 9.66. The number of ether oxygens (including phenoxy) is 1. The number of nitrogens with one attached hydrogen (secondary N) is 1. The summed E-state index contributed by atoms with van der Waals surface area (Å²) in [7, 11) is 0. The monoisotopic (exact) mass is 225 g/mol. The van der Waals surface area contributed by atoms with Crippen molar-refractivity contribution in [3.05, 3.63) is 28.2 Å². The number of hydrogen-bond donors (Lipinski definition) is 2. The molecule has 2 N–H and O–H groups in total. The first-order valence-electron chi connectivity index (χ1n) is 5.73. The molecule has 0 aliphatic heterocycles. The summed E-state index contributed by atoms with van der Waals surface area (Å²) >= 11 is 0. The van der Waals surface area contributed by atoms with Gasteiger partial charge in [-0.1, -0.05) is 26.2 Å². The molecule has 0 aromatic carbocycles. The number of hydrogen-bond acceptors (Lipinski definition) is 3. The number of aromatic nitrogens is 1. The normalized spacial score (nSPS) is 10.4.